The lowest BCUT2D eigenvalue weighted by molar-refractivity contribution is -0.113. The van der Waals surface area contributed by atoms with Crippen LogP contribution in [-0.2, 0) is 4.79 Å². The van der Waals surface area contributed by atoms with E-state index < -0.39 is 5.69 Å². The van der Waals surface area contributed by atoms with Gasteiger partial charge in [-0.05, 0) is 49.6 Å². The maximum Gasteiger partial charge on any atom is 0.355 e. The number of hydrogen-bond donors (Lipinski definition) is 1. The minimum absolute atomic E-state index is 0.134. The Morgan fingerprint density at radius 3 is 2.68 bits per heavy atom. The third kappa shape index (κ3) is 4.06. The molecule has 128 valence electrons. The number of benzene rings is 1. The van der Waals surface area contributed by atoms with Crippen LogP contribution in [0.1, 0.15) is 16.7 Å². The van der Waals surface area contributed by atoms with Crippen molar-refractivity contribution in [2.75, 3.05) is 11.1 Å². The van der Waals surface area contributed by atoms with Gasteiger partial charge in [-0.25, -0.2) is 9.78 Å². The normalized spacial score (nSPS) is 10.8. The highest BCUT2D eigenvalue weighted by Gasteiger charge is 2.09. The average Bonchev–Trinajstić information content (AvgIpc) is 2.57. The molecule has 0 saturated heterocycles. The van der Waals surface area contributed by atoms with Crippen LogP contribution in [0.25, 0.3) is 5.65 Å². The number of pyridine rings is 1. The van der Waals surface area contributed by atoms with Crippen LogP contribution in [-0.4, -0.2) is 26.0 Å². The van der Waals surface area contributed by atoms with Crippen LogP contribution in [0.4, 0.5) is 5.69 Å². The van der Waals surface area contributed by atoms with Crippen LogP contribution in [0.15, 0.2) is 46.5 Å². The molecule has 0 radical (unpaired) electrons. The maximum absolute atomic E-state index is 12.2. The fourth-order valence-electron chi connectivity index (χ4n) is 2.35. The van der Waals surface area contributed by atoms with E-state index in [0.29, 0.717) is 10.8 Å². The standard InChI is InChI=1S/C18H18N4O2S/c1-11-4-6-13(3)14(8-11)19-16(23)10-25-17-20-15-7-5-12(2)9-22(15)18(24)21-17/h4-9H,10H2,1-3H3,(H,19,23). The molecule has 2 aromatic heterocycles. The second-order valence-corrected chi connectivity index (χ2v) is 6.82. The molecule has 1 amide bonds. The summed E-state index contributed by atoms with van der Waals surface area (Å²) in [5.41, 5.74) is 3.94. The number of carbonyl (C=O) groups excluding carboxylic acids is 1. The first-order chi connectivity index (χ1) is 11.9. The van der Waals surface area contributed by atoms with Crippen LogP contribution >= 0.6 is 11.8 Å². The molecule has 2 heterocycles. The quantitative estimate of drug-likeness (QED) is 0.729. The van der Waals surface area contributed by atoms with Crippen molar-refractivity contribution in [3.8, 4) is 0 Å². The Morgan fingerprint density at radius 1 is 1.12 bits per heavy atom. The van der Waals surface area contributed by atoms with Crippen LogP contribution in [0.5, 0.6) is 0 Å². The first-order valence-electron chi connectivity index (χ1n) is 7.79. The van der Waals surface area contributed by atoms with Gasteiger partial charge in [0.15, 0.2) is 5.16 Å². The predicted molar refractivity (Wildman–Crippen MR) is 99.3 cm³/mol. The molecule has 7 heteroatoms. The lowest BCUT2D eigenvalue weighted by Crippen LogP contribution is -2.20. The number of rotatable bonds is 4. The molecule has 1 N–H and O–H groups in total. The van der Waals surface area contributed by atoms with E-state index in [-0.39, 0.29) is 11.7 Å². The number of amides is 1. The zero-order valence-electron chi connectivity index (χ0n) is 14.2. The van der Waals surface area contributed by atoms with Gasteiger partial charge in [0.1, 0.15) is 5.65 Å². The summed E-state index contributed by atoms with van der Waals surface area (Å²) >= 11 is 1.14. The number of aromatic nitrogens is 3. The Labute approximate surface area is 149 Å². The zero-order valence-corrected chi connectivity index (χ0v) is 15.1. The minimum atomic E-state index is -0.397. The van der Waals surface area contributed by atoms with E-state index in [9.17, 15) is 9.59 Å². The van der Waals surface area contributed by atoms with Crippen molar-refractivity contribution in [3.05, 3.63) is 63.7 Å². The van der Waals surface area contributed by atoms with Crippen molar-refractivity contribution in [2.45, 2.75) is 25.9 Å². The molecule has 25 heavy (non-hydrogen) atoms. The SMILES string of the molecule is Cc1ccc(C)c(NC(=O)CSc2nc(=O)n3cc(C)ccc3n2)c1. The maximum atomic E-state index is 12.2. The fraction of sp³-hybridized carbons (Fsp3) is 0.222. The van der Waals surface area contributed by atoms with Crippen LogP contribution in [0, 0.1) is 20.8 Å². The summed E-state index contributed by atoms with van der Waals surface area (Å²) < 4.78 is 1.40. The van der Waals surface area contributed by atoms with Gasteiger partial charge in [-0.1, -0.05) is 30.0 Å². The molecule has 6 nitrogen and oxygen atoms in total. The van der Waals surface area contributed by atoms with Crippen molar-refractivity contribution in [1.82, 2.24) is 14.4 Å². The highest BCUT2D eigenvalue weighted by molar-refractivity contribution is 7.99. The lowest BCUT2D eigenvalue weighted by atomic mass is 10.1. The summed E-state index contributed by atoms with van der Waals surface area (Å²) in [5.74, 6) is -0.0269. The Bertz CT molecular complexity index is 1010. The molecular formula is C18H18N4O2S. The second kappa shape index (κ2) is 7.06. The molecule has 0 saturated carbocycles. The van der Waals surface area contributed by atoms with Gasteiger partial charge in [0.2, 0.25) is 5.91 Å². The molecule has 0 unspecified atom stereocenters. The summed E-state index contributed by atoms with van der Waals surface area (Å²) in [7, 11) is 0. The molecule has 0 aliphatic heterocycles. The highest BCUT2D eigenvalue weighted by atomic mass is 32.2. The Morgan fingerprint density at radius 2 is 1.88 bits per heavy atom. The predicted octanol–water partition coefficient (Wildman–Crippen LogP) is 2.75. The molecule has 1 aromatic carbocycles. The van der Waals surface area contributed by atoms with E-state index in [0.717, 1.165) is 34.1 Å². The number of anilines is 1. The molecule has 0 atom stereocenters. The van der Waals surface area contributed by atoms with E-state index in [1.165, 1.54) is 4.40 Å². The van der Waals surface area contributed by atoms with Gasteiger partial charge in [0.25, 0.3) is 0 Å². The van der Waals surface area contributed by atoms with Crippen LogP contribution in [0.3, 0.4) is 0 Å². The van der Waals surface area contributed by atoms with Gasteiger partial charge in [0, 0.05) is 11.9 Å². The van der Waals surface area contributed by atoms with Gasteiger partial charge in [-0.15, -0.1) is 0 Å². The third-order valence-corrected chi connectivity index (χ3v) is 4.53. The van der Waals surface area contributed by atoms with Gasteiger partial charge in [-0.2, -0.15) is 4.98 Å². The molecule has 0 aliphatic rings. The van der Waals surface area contributed by atoms with E-state index in [4.69, 9.17) is 0 Å². The number of carbonyl (C=O) groups is 1. The van der Waals surface area contributed by atoms with E-state index >= 15 is 0 Å². The van der Waals surface area contributed by atoms with E-state index in [2.05, 4.69) is 15.3 Å². The summed E-state index contributed by atoms with van der Waals surface area (Å²) in [6, 6.07) is 9.53. The number of nitrogens with zero attached hydrogens (tertiary/aromatic N) is 3. The van der Waals surface area contributed by atoms with Crippen molar-refractivity contribution < 1.29 is 4.79 Å². The number of aryl methyl sites for hydroxylation is 3. The Balaban J connectivity index is 1.72. The van der Waals surface area contributed by atoms with Gasteiger partial charge < -0.3 is 5.32 Å². The fourth-order valence-corrected chi connectivity index (χ4v) is 2.99. The lowest BCUT2D eigenvalue weighted by Gasteiger charge is -2.09. The number of hydrogen-bond acceptors (Lipinski definition) is 5. The monoisotopic (exact) mass is 354 g/mol. The summed E-state index contributed by atoms with van der Waals surface area (Å²) in [6.07, 6.45) is 1.69. The molecule has 3 rings (SSSR count). The molecule has 0 fully saturated rings. The molecule has 0 spiro atoms. The second-order valence-electron chi connectivity index (χ2n) is 5.88. The van der Waals surface area contributed by atoms with E-state index in [1.807, 2.05) is 45.0 Å². The topological polar surface area (TPSA) is 76.4 Å². The number of fused-ring (bicyclic) bond motifs is 1. The van der Waals surface area contributed by atoms with Gasteiger partial charge in [0.05, 0.1) is 5.75 Å². The van der Waals surface area contributed by atoms with Crippen LogP contribution in [0.2, 0.25) is 0 Å². The third-order valence-electron chi connectivity index (χ3n) is 3.68. The summed E-state index contributed by atoms with van der Waals surface area (Å²) in [4.78, 5) is 32.5. The van der Waals surface area contributed by atoms with Gasteiger partial charge in [-0.3, -0.25) is 9.20 Å². The first-order valence-corrected chi connectivity index (χ1v) is 8.78. The van der Waals surface area contributed by atoms with Crippen molar-refractivity contribution >= 4 is 29.0 Å². The Hall–Kier alpha value is -2.67. The Kier molecular flexibility index (Phi) is 4.85. The van der Waals surface area contributed by atoms with Crippen molar-refractivity contribution in [1.29, 1.82) is 0 Å². The number of nitrogens with one attached hydrogen (secondary N) is 1. The molecule has 0 aliphatic carbocycles. The average molecular weight is 354 g/mol. The van der Waals surface area contributed by atoms with E-state index in [1.54, 1.807) is 12.3 Å². The van der Waals surface area contributed by atoms with Crippen LogP contribution < -0.4 is 11.0 Å². The number of thioether (sulfide) groups is 1. The summed E-state index contributed by atoms with van der Waals surface area (Å²) in [6.45, 7) is 5.81. The highest BCUT2D eigenvalue weighted by Crippen LogP contribution is 2.18. The summed E-state index contributed by atoms with van der Waals surface area (Å²) in [5, 5.41) is 3.18. The zero-order chi connectivity index (χ0) is 18.0. The van der Waals surface area contributed by atoms with Gasteiger partial charge >= 0.3 is 5.69 Å². The first kappa shape index (κ1) is 17.2. The largest absolute Gasteiger partial charge is 0.355 e. The minimum Gasteiger partial charge on any atom is -0.325 e. The van der Waals surface area contributed by atoms with Crippen molar-refractivity contribution in [3.63, 3.8) is 0 Å². The molecule has 0 bridgehead atoms. The molecule has 3 aromatic rings. The smallest absolute Gasteiger partial charge is 0.325 e. The molecular weight excluding hydrogens is 336 g/mol. The van der Waals surface area contributed by atoms with Crippen molar-refractivity contribution in [2.24, 2.45) is 0 Å².